The van der Waals surface area contributed by atoms with Gasteiger partial charge in [-0.2, -0.15) is 5.10 Å². The number of nitrogens with zero attached hydrogens (tertiary/aromatic N) is 3. The topological polar surface area (TPSA) is 99.8 Å². The number of aromatic amines is 1. The predicted molar refractivity (Wildman–Crippen MR) is 102 cm³/mol. The molecular weight excluding hydrogens is 362 g/mol. The van der Waals surface area contributed by atoms with Gasteiger partial charge in [-0.25, -0.2) is 4.79 Å². The third-order valence-electron chi connectivity index (χ3n) is 4.58. The summed E-state index contributed by atoms with van der Waals surface area (Å²) in [5.74, 6) is 0.596. The Morgan fingerprint density at radius 1 is 1.14 bits per heavy atom. The SMILES string of the molecule is COCc1cc(CNC(=O)N2CCN(C(=O)c3cccc(OC)c3)CC2)[nH]n1. The molecule has 0 atom stereocenters. The summed E-state index contributed by atoms with van der Waals surface area (Å²) in [6.07, 6.45) is 0. The zero-order valence-electron chi connectivity index (χ0n) is 16.1. The highest BCUT2D eigenvalue weighted by atomic mass is 16.5. The van der Waals surface area contributed by atoms with Gasteiger partial charge in [-0.15, -0.1) is 0 Å². The normalized spacial score (nSPS) is 14.1. The maximum absolute atomic E-state index is 12.6. The number of carbonyl (C=O) groups excluding carboxylic acids is 2. The molecule has 1 aliphatic rings. The van der Waals surface area contributed by atoms with Crippen LogP contribution in [-0.2, 0) is 17.9 Å². The Morgan fingerprint density at radius 3 is 2.61 bits per heavy atom. The monoisotopic (exact) mass is 387 g/mol. The summed E-state index contributed by atoms with van der Waals surface area (Å²) < 4.78 is 10.2. The van der Waals surface area contributed by atoms with E-state index in [-0.39, 0.29) is 11.9 Å². The van der Waals surface area contributed by atoms with E-state index in [1.165, 1.54) is 0 Å². The van der Waals surface area contributed by atoms with E-state index in [1.54, 1.807) is 48.3 Å². The molecule has 0 saturated carbocycles. The van der Waals surface area contributed by atoms with Crippen molar-refractivity contribution in [3.63, 3.8) is 0 Å². The molecule has 2 aromatic rings. The van der Waals surface area contributed by atoms with Gasteiger partial charge in [0.15, 0.2) is 0 Å². The minimum Gasteiger partial charge on any atom is -0.497 e. The quantitative estimate of drug-likeness (QED) is 0.777. The molecule has 2 N–H and O–H groups in total. The van der Waals surface area contributed by atoms with Crippen LogP contribution in [0.5, 0.6) is 5.75 Å². The van der Waals surface area contributed by atoms with Gasteiger partial charge in [-0.1, -0.05) is 6.07 Å². The van der Waals surface area contributed by atoms with Crippen LogP contribution in [0.1, 0.15) is 21.7 Å². The maximum atomic E-state index is 12.6. The van der Waals surface area contributed by atoms with Crippen molar-refractivity contribution in [3.8, 4) is 5.75 Å². The predicted octanol–water partition coefficient (Wildman–Crippen LogP) is 1.23. The number of nitrogens with one attached hydrogen (secondary N) is 2. The number of urea groups is 1. The number of carbonyl (C=O) groups is 2. The first-order valence-electron chi connectivity index (χ1n) is 9.09. The fourth-order valence-corrected chi connectivity index (χ4v) is 3.06. The third-order valence-corrected chi connectivity index (χ3v) is 4.58. The highest BCUT2D eigenvalue weighted by molar-refractivity contribution is 5.94. The Balaban J connectivity index is 1.47. The number of amides is 3. The average molecular weight is 387 g/mol. The van der Waals surface area contributed by atoms with Crippen LogP contribution < -0.4 is 10.1 Å². The lowest BCUT2D eigenvalue weighted by Gasteiger charge is -2.34. The molecule has 28 heavy (non-hydrogen) atoms. The van der Waals surface area contributed by atoms with E-state index in [4.69, 9.17) is 9.47 Å². The molecular formula is C19H25N5O4. The number of piperazine rings is 1. The summed E-state index contributed by atoms with van der Waals surface area (Å²) in [6, 6.07) is 8.79. The van der Waals surface area contributed by atoms with E-state index >= 15 is 0 Å². The van der Waals surface area contributed by atoms with Gasteiger partial charge in [0, 0.05) is 38.9 Å². The molecule has 1 aromatic carbocycles. The largest absolute Gasteiger partial charge is 0.497 e. The van der Waals surface area contributed by atoms with E-state index in [9.17, 15) is 9.59 Å². The zero-order valence-corrected chi connectivity index (χ0v) is 16.1. The van der Waals surface area contributed by atoms with Crippen LogP contribution in [0.2, 0.25) is 0 Å². The van der Waals surface area contributed by atoms with Crippen molar-refractivity contribution in [1.29, 1.82) is 0 Å². The molecule has 3 rings (SSSR count). The molecule has 0 spiro atoms. The van der Waals surface area contributed by atoms with Crippen LogP contribution >= 0.6 is 0 Å². The molecule has 1 aliphatic heterocycles. The lowest BCUT2D eigenvalue weighted by atomic mass is 10.1. The molecule has 0 unspecified atom stereocenters. The number of hydrogen-bond donors (Lipinski definition) is 2. The second-order valence-corrected chi connectivity index (χ2v) is 6.49. The Bertz CT molecular complexity index is 814. The molecule has 9 heteroatoms. The summed E-state index contributed by atoms with van der Waals surface area (Å²) in [7, 11) is 3.18. The van der Waals surface area contributed by atoms with Crippen LogP contribution in [0.3, 0.4) is 0 Å². The smallest absolute Gasteiger partial charge is 0.317 e. The van der Waals surface area contributed by atoms with Crippen molar-refractivity contribution in [3.05, 3.63) is 47.3 Å². The Labute approximate surface area is 163 Å². The first-order valence-corrected chi connectivity index (χ1v) is 9.09. The zero-order chi connectivity index (χ0) is 19.9. The minimum absolute atomic E-state index is 0.0536. The minimum atomic E-state index is -0.156. The van der Waals surface area contributed by atoms with Crippen molar-refractivity contribution >= 4 is 11.9 Å². The van der Waals surface area contributed by atoms with Crippen molar-refractivity contribution in [2.75, 3.05) is 40.4 Å². The van der Waals surface area contributed by atoms with Crippen molar-refractivity contribution in [2.45, 2.75) is 13.2 Å². The van der Waals surface area contributed by atoms with Crippen molar-refractivity contribution in [1.82, 2.24) is 25.3 Å². The van der Waals surface area contributed by atoms with Gasteiger partial charge in [0.25, 0.3) is 5.91 Å². The van der Waals surface area contributed by atoms with Crippen molar-refractivity contribution < 1.29 is 19.1 Å². The van der Waals surface area contributed by atoms with Crippen molar-refractivity contribution in [2.24, 2.45) is 0 Å². The number of benzene rings is 1. The Hall–Kier alpha value is -3.07. The van der Waals surface area contributed by atoms with Gasteiger partial charge in [-0.3, -0.25) is 9.89 Å². The molecule has 0 bridgehead atoms. The first kappa shape index (κ1) is 19.7. The van der Waals surface area contributed by atoms with Crippen LogP contribution in [0.15, 0.2) is 30.3 Å². The molecule has 1 saturated heterocycles. The van der Waals surface area contributed by atoms with Crippen LogP contribution in [0.25, 0.3) is 0 Å². The molecule has 0 aliphatic carbocycles. The van der Waals surface area contributed by atoms with E-state index in [2.05, 4.69) is 15.5 Å². The standard InChI is InChI=1S/C19H25N5O4/c1-27-13-16-11-15(21-22-16)12-20-19(26)24-8-6-23(7-9-24)18(25)14-4-3-5-17(10-14)28-2/h3-5,10-11H,6-9,12-13H2,1-2H3,(H,20,26)(H,21,22). The Morgan fingerprint density at radius 2 is 1.89 bits per heavy atom. The van der Waals surface area contributed by atoms with E-state index < -0.39 is 0 Å². The highest BCUT2D eigenvalue weighted by Crippen LogP contribution is 2.15. The second kappa shape index (κ2) is 9.23. The lowest BCUT2D eigenvalue weighted by molar-refractivity contribution is 0.0664. The van der Waals surface area contributed by atoms with E-state index in [0.717, 1.165) is 11.4 Å². The van der Waals surface area contributed by atoms with Gasteiger partial charge in [0.2, 0.25) is 0 Å². The van der Waals surface area contributed by atoms with Crippen LogP contribution in [0, 0.1) is 0 Å². The molecule has 3 amide bonds. The summed E-state index contributed by atoms with van der Waals surface area (Å²) in [5.41, 5.74) is 2.19. The van der Waals surface area contributed by atoms with E-state index in [1.807, 2.05) is 6.07 Å². The number of H-pyrrole nitrogens is 1. The van der Waals surface area contributed by atoms with Gasteiger partial charge in [0.05, 0.1) is 31.6 Å². The second-order valence-electron chi connectivity index (χ2n) is 6.49. The molecule has 2 heterocycles. The summed E-state index contributed by atoms with van der Waals surface area (Å²) in [5, 5.41) is 9.84. The summed E-state index contributed by atoms with van der Waals surface area (Å²) >= 11 is 0. The Kier molecular flexibility index (Phi) is 6.49. The third kappa shape index (κ3) is 4.80. The van der Waals surface area contributed by atoms with Gasteiger partial charge in [-0.05, 0) is 24.3 Å². The lowest BCUT2D eigenvalue weighted by Crippen LogP contribution is -2.53. The van der Waals surface area contributed by atoms with Gasteiger partial charge >= 0.3 is 6.03 Å². The fourth-order valence-electron chi connectivity index (χ4n) is 3.06. The van der Waals surface area contributed by atoms with Gasteiger partial charge in [0.1, 0.15) is 5.75 Å². The number of ether oxygens (including phenoxy) is 2. The molecule has 0 radical (unpaired) electrons. The molecule has 1 aromatic heterocycles. The van der Waals surface area contributed by atoms with Crippen LogP contribution in [0.4, 0.5) is 4.79 Å². The number of rotatable bonds is 6. The molecule has 150 valence electrons. The number of hydrogen-bond acceptors (Lipinski definition) is 5. The summed E-state index contributed by atoms with van der Waals surface area (Å²) in [6.45, 7) is 2.74. The molecule has 1 fully saturated rings. The number of aromatic nitrogens is 2. The average Bonchev–Trinajstić information content (AvgIpc) is 3.19. The highest BCUT2D eigenvalue weighted by Gasteiger charge is 2.25. The first-order chi connectivity index (χ1) is 13.6. The maximum Gasteiger partial charge on any atom is 0.317 e. The van der Waals surface area contributed by atoms with Gasteiger partial charge < -0.3 is 24.6 Å². The number of methoxy groups -OCH3 is 2. The fraction of sp³-hybridized carbons (Fsp3) is 0.421. The summed E-state index contributed by atoms with van der Waals surface area (Å²) in [4.78, 5) is 28.5. The van der Waals surface area contributed by atoms with Crippen LogP contribution in [-0.4, -0.2) is 72.3 Å². The molecule has 9 nitrogen and oxygen atoms in total. The van der Waals surface area contributed by atoms with E-state index in [0.29, 0.717) is 50.6 Å².